The van der Waals surface area contributed by atoms with E-state index in [1.807, 2.05) is 12.1 Å². The van der Waals surface area contributed by atoms with Crippen molar-refractivity contribution in [1.82, 2.24) is 10.2 Å². The van der Waals surface area contributed by atoms with Crippen LogP contribution in [0.3, 0.4) is 0 Å². The van der Waals surface area contributed by atoms with E-state index < -0.39 is 29.7 Å². The summed E-state index contributed by atoms with van der Waals surface area (Å²) in [5, 5.41) is 5.35. The van der Waals surface area contributed by atoms with Gasteiger partial charge in [0.05, 0.1) is 77.2 Å². The lowest BCUT2D eigenvalue weighted by Crippen LogP contribution is -2.54. The highest BCUT2D eigenvalue weighted by molar-refractivity contribution is 6.25. The van der Waals surface area contributed by atoms with Crippen LogP contribution in [0.5, 0.6) is 5.75 Å². The summed E-state index contributed by atoms with van der Waals surface area (Å²) in [6, 6.07) is 12.3. The van der Waals surface area contributed by atoms with Crippen LogP contribution in [-0.4, -0.2) is 114 Å². The van der Waals surface area contributed by atoms with E-state index in [4.69, 9.17) is 28.4 Å². The Kier molecular flexibility index (Phi) is 19.3. The third-order valence-electron chi connectivity index (χ3n) is 9.01. The fourth-order valence-corrected chi connectivity index (χ4v) is 6.16. The van der Waals surface area contributed by atoms with Crippen LogP contribution in [0.4, 0.5) is 5.69 Å². The molecule has 13 nitrogen and oxygen atoms in total. The number of amides is 4. The molecule has 0 aliphatic carbocycles. The first-order valence-electron chi connectivity index (χ1n) is 19.2. The molecule has 1 atom stereocenters. The van der Waals surface area contributed by atoms with Crippen molar-refractivity contribution in [2.24, 2.45) is 0 Å². The highest BCUT2D eigenvalue weighted by atomic mass is 16.6. The molecule has 1 fully saturated rings. The Balaban J connectivity index is 0.910. The van der Waals surface area contributed by atoms with Crippen LogP contribution < -0.4 is 15.4 Å². The van der Waals surface area contributed by atoms with Crippen molar-refractivity contribution in [3.8, 4) is 5.75 Å². The maximum Gasteiger partial charge on any atom is 0.264 e. The highest BCUT2D eigenvalue weighted by Crippen LogP contribution is 2.32. The number of benzene rings is 2. The molecule has 2 heterocycles. The molecule has 4 rings (SSSR count). The molecule has 2 aliphatic rings. The first kappa shape index (κ1) is 41.9. The SMILES string of the molecule is CCCCCCCCCc1ccc(OCCOCCOCCOCCOCCOCCNc2cccc3c2C(=O)N(C2CCC(=O)NC2=O)C3=O)cc1. The predicted molar refractivity (Wildman–Crippen MR) is 199 cm³/mol. The van der Waals surface area contributed by atoms with E-state index in [2.05, 4.69) is 29.7 Å². The summed E-state index contributed by atoms with van der Waals surface area (Å²) in [5.74, 6) is -1.28. The zero-order valence-electron chi connectivity index (χ0n) is 31.2. The Morgan fingerprint density at radius 2 is 1.26 bits per heavy atom. The summed E-state index contributed by atoms with van der Waals surface area (Å²) >= 11 is 0. The lowest BCUT2D eigenvalue weighted by atomic mass is 10.0. The number of anilines is 1. The number of piperidine rings is 1. The topological polar surface area (TPSA) is 151 Å². The molecule has 1 unspecified atom stereocenters. The van der Waals surface area contributed by atoms with Crippen molar-refractivity contribution >= 4 is 29.3 Å². The first-order valence-corrected chi connectivity index (χ1v) is 19.2. The van der Waals surface area contributed by atoms with Gasteiger partial charge in [0.1, 0.15) is 18.4 Å². The number of hydrogen-bond donors (Lipinski definition) is 2. The van der Waals surface area contributed by atoms with Crippen molar-refractivity contribution in [1.29, 1.82) is 0 Å². The van der Waals surface area contributed by atoms with E-state index in [9.17, 15) is 19.2 Å². The third-order valence-corrected chi connectivity index (χ3v) is 9.01. The zero-order chi connectivity index (χ0) is 37.5. The maximum absolute atomic E-state index is 13.2. The fourth-order valence-electron chi connectivity index (χ4n) is 6.16. The second-order valence-electron chi connectivity index (χ2n) is 13.0. The minimum Gasteiger partial charge on any atom is -0.491 e. The van der Waals surface area contributed by atoms with Gasteiger partial charge in [-0.25, -0.2) is 0 Å². The number of carbonyl (C=O) groups is 4. The van der Waals surface area contributed by atoms with Crippen molar-refractivity contribution in [2.75, 3.05) is 84.5 Å². The van der Waals surface area contributed by atoms with Crippen molar-refractivity contribution < 1.29 is 47.6 Å². The molecular weight excluding hydrogens is 682 g/mol. The van der Waals surface area contributed by atoms with Crippen LogP contribution in [0.2, 0.25) is 0 Å². The molecule has 2 aromatic carbocycles. The highest BCUT2D eigenvalue weighted by Gasteiger charge is 2.45. The Morgan fingerprint density at radius 1 is 0.679 bits per heavy atom. The van der Waals surface area contributed by atoms with Crippen LogP contribution in [0.15, 0.2) is 42.5 Å². The molecule has 292 valence electrons. The minimum absolute atomic E-state index is 0.0714. The van der Waals surface area contributed by atoms with Gasteiger partial charge in [0, 0.05) is 18.7 Å². The quantitative estimate of drug-likeness (QED) is 0.0862. The maximum atomic E-state index is 13.2. The molecular formula is C40H57N3O10. The number of rotatable bonds is 29. The van der Waals surface area contributed by atoms with Gasteiger partial charge in [-0.05, 0) is 49.1 Å². The molecule has 2 aromatic rings. The molecule has 13 heteroatoms. The van der Waals surface area contributed by atoms with Crippen LogP contribution in [0, 0.1) is 0 Å². The minimum atomic E-state index is -1.00. The summed E-state index contributed by atoms with van der Waals surface area (Å²) in [4.78, 5) is 50.9. The van der Waals surface area contributed by atoms with Gasteiger partial charge in [-0.1, -0.05) is 63.6 Å². The van der Waals surface area contributed by atoms with Crippen molar-refractivity contribution in [3.63, 3.8) is 0 Å². The average Bonchev–Trinajstić information content (AvgIpc) is 3.41. The van der Waals surface area contributed by atoms with E-state index in [1.165, 1.54) is 50.5 Å². The fraction of sp³-hybridized carbons (Fsp3) is 0.600. The number of fused-ring (bicyclic) bond motifs is 1. The predicted octanol–water partition coefficient (Wildman–Crippen LogP) is 4.95. The van der Waals surface area contributed by atoms with E-state index >= 15 is 0 Å². The normalized spacial score (nSPS) is 15.6. The molecule has 0 spiro atoms. The third kappa shape index (κ3) is 14.5. The zero-order valence-corrected chi connectivity index (χ0v) is 31.2. The molecule has 0 bridgehead atoms. The Morgan fingerprint density at radius 3 is 1.89 bits per heavy atom. The largest absolute Gasteiger partial charge is 0.491 e. The van der Waals surface area contributed by atoms with Crippen molar-refractivity contribution in [2.45, 2.75) is 77.2 Å². The number of nitrogens with zero attached hydrogens (tertiary/aromatic N) is 1. The number of unbranched alkanes of at least 4 members (excludes halogenated alkanes) is 6. The summed E-state index contributed by atoms with van der Waals surface area (Å²) in [7, 11) is 0. The number of nitrogens with one attached hydrogen (secondary N) is 2. The first-order chi connectivity index (χ1) is 26.0. The number of aryl methyl sites for hydroxylation is 1. The lowest BCUT2D eigenvalue weighted by molar-refractivity contribution is -0.136. The van der Waals surface area contributed by atoms with Crippen LogP contribution in [0.25, 0.3) is 0 Å². The van der Waals surface area contributed by atoms with Crippen molar-refractivity contribution in [3.05, 3.63) is 59.2 Å². The van der Waals surface area contributed by atoms with Crippen LogP contribution in [-0.2, 0) is 39.7 Å². The molecule has 0 aromatic heterocycles. The van der Waals surface area contributed by atoms with Crippen LogP contribution in [0.1, 0.15) is 91.0 Å². The average molecular weight is 740 g/mol. The van der Waals surface area contributed by atoms with E-state index in [-0.39, 0.29) is 24.0 Å². The second kappa shape index (κ2) is 24.4. The molecule has 2 N–H and O–H groups in total. The number of hydrogen-bond acceptors (Lipinski definition) is 11. The van der Waals surface area contributed by atoms with Gasteiger partial charge in [-0.3, -0.25) is 29.4 Å². The van der Waals surface area contributed by atoms with E-state index in [1.54, 1.807) is 18.2 Å². The molecule has 0 radical (unpaired) electrons. The summed E-state index contributed by atoms with van der Waals surface area (Å²) < 4.78 is 33.6. The van der Waals surface area contributed by atoms with Gasteiger partial charge in [0.25, 0.3) is 11.8 Å². The van der Waals surface area contributed by atoms with E-state index in [0.717, 1.165) is 17.1 Å². The Bertz CT molecular complexity index is 1420. The summed E-state index contributed by atoms with van der Waals surface area (Å²) in [6.07, 6.45) is 10.6. The number of ether oxygens (including phenoxy) is 6. The number of carbonyl (C=O) groups excluding carboxylic acids is 4. The lowest BCUT2D eigenvalue weighted by Gasteiger charge is -2.27. The van der Waals surface area contributed by atoms with Crippen LogP contribution >= 0.6 is 0 Å². The summed E-state index contributed by atoms with van der Waals surface area (Å²) in [6.45, 7) is 7.58. The van der Waals surface area contributed by atoms with Gasteiger partial charge < -0.3 is 33.7 Å². The molecule has 2 aliphatic heterocycles. The molecule has 53 heavy (non-hydrogen) atoms. The second-order valence-corrected chi connectivity index (χ2v) is 13.0. The summed E-state index contributed by atoms with van der Waals surface area (Å²) in [5.41, 5.74) is 2.29. The van der Waals surface area contributed by atoms with E-state index in [0.29, 0.717) is 84.9 Å². The standard InChI is InChI=1S/C40H57N3O10/c1-2-3-4-5-6-7-8-10-31-13-15-32(16-14-31)53-30-29-52-28-27-51-26-25-50-24-23-49-22-21-48-20-19-41-34-12-9-11-33-37(34)40(47)43(39(33)46)35-17-18-36(44)42-38(35)45/h9,11-16,35,41H,2-8,10,17-30H2,1H3,(H,42,44,45). The van der Waals surface area contributed by atoms with Gasteiger partial charge in [0.15, 0.2) is 0 Å². The smallest absolute Gasteiger partial charge is 0.264 e. The molecule has 0 saturated carbocycles. The monoisotopic (exact) mass is 739 g/mol. The van der Waals surface area contributed by atoms with Gasteiger partial charge in [0.2, 0.25) is 11.8 Å². The molecule has 1 saturated heterocycles. The number of imide groups is 2. The van der Waals surface area contributed by atoms with Gasteiger partial charge in [-0.2, -0.15) is 0 Å². The van der Waals surface area contributed by atoms with Gasteiger partial charge in [-0.15, -0.1) is 0 Å². The Labute approximate surface area is 313 Å². The Hall–Kier alpha value is -3.88. The molecule has 4 amide bonds. The van der Waals surface area contributed by atoms with Gasteiger partial charge >= 0.3 is 0 Å².